The molecule has 0 aliphatic heterocycles. The van der Waals surface area contributed by atoms with Crippen molar-refractivity contribution >= 4 is 5.71 Å². The maximum Gasteiger partial charge on any atom is 0.226 e. The molecular formula is C21H25N3O. The van der Waals surface area contributed by atoms with Crippen LogP contribution in [0.4, 0.5) is 0 Å². The van der Waals surface area contributed by atoms with Crippen LogP contribution in [0.1, 0.15) is 30.4 Å². The largest absolute Gasteiger partial charge is 0.441 e. The first-order valence-electron chi connectivity index (χ1n) is 8.68. The summed E-state index contributed by atoms with van der Waals surface area (Å²) in [6.45, 7) is 11.9. The Labute approximate surface area is 149 Å². The van der Waals surface area contributed by atoms with E-state index in [0.717, 1.165) is 47.6 Å². The van der Waals surface area contributed by atoms with E-state index in [1.165, 1.54) is 5.56 Å². The van der Waals surface area contributed by atoms with E-state index >= 15 is 0 Å². The molecule has 0 spiro atoms. The number of oxazole rings is 1. The highest BCUT2D eigenvalue weighted by Gasteiger charge is 2.29. The standard InChI is InChI=1S/C21H25N3O/c1-5-23-20(14(3)15(4)22)16-9-10-19-18(12-16)24-21(25-19)17-8-6-7-13(2)11-17/h5-8,11,15-16H,1,3,9-10,12,22H2,2,4H3. The van der Waals surface area contributed by atoms with E-state index in [2.05, 4.69) is 37.2 Å². The van der Waals surface area contributed by atoms with E-state index < -0.39 is 0 Å². The number of benzene rings is 1. The summed E-state index contributed by atoms with van der Waals surface area (Å²) in [4.78, 5) is 9.21. The zero-order valence-electron chi connectivity index (χ0n) is 15.0. The second-order valence-electron chi connectivity index (χ2n) is 6.71. The lowest BCUT2D eigenvalue weighted by atomic mass is 9.82. The molecular weight excluding hydrogens is 310 g/mol. The van der Waals surface area contributed by atoms with Crippen molar-refractivity contribution in [2.45, 2.75) is 39.2 Å². The second kappa shape index (κ2) is 7.19. The summed E-state index contributed by atoms with van der Waals surface area (Å²) in [5.41, 5.74) is 11.1. The fourth-order valence-electron chi connectivity index (χ4n) is 3.30. The number of fused-ring (bicyclic) bond motifs is 1. The van der Waals surface area contributed by atoms with Gasteiger partial charge >= 0.3 is 0 Å². The van der Waals surface area contributed by atoms with Gasteiger partial charge in [-0.3, -0.25) is 4.99 Å². The topological polar surface area (TPSA) is 64.4 Å². The molecule has 0 fully saturated rings. The predicted molar refractivity (Wildman–Crippen MR) is 103 cm³/mol. The Bertz CT molecular complexity index is 829. The molecule has 4 nitrogen and oxygen atoms in total. The number of aryl methyl sites for hydroxylation is 2. The average molecular weight is 335 g/mol. The molecule has 0 bridgehead atoms. The van der Waals surface area contributed by atoms with Gasteiger partial charge in [0.2, 0.25) is 5.89 Å². The van der Waals surface area contributed by atoms with Crippen LogP contribution in [0, 0.1) is 12.8 Å². The van der Waals surface area contributed by atoms with Crippen molar-refractivity contribution in [3.8, 4) is 11.5 Å². The Morgan fingerprint density at radius 2 is 2.28 bits per heavy atom. The predicted octanol–water partition coefficient (Wildman–Crippen LogP) is 4.24. The van der Waals surface area contributed by atoms with Crippen molar-refractivity contribution in [1.29, 1.82) is 0 Å². The molecule has 2 N–H and O–H groups in total. The molecule has 1 aromatic carbocycles. The number of rotatable bonds is 5. The molecule has 1 aliphatic rings. The molecule has 25 heavy (non-hydrogen) atoms. The molecule has 4 heteroatoms. The first-order valence-corrected chi connectivity index (χ1v) is 8.68. The van der Waals surface area contributed by atoms with E-state index in [1.54, 1.807) is 6.20 Å². The molecule has 130 valence electrons. The highest BCUT2D eigenvalue weighted by Crippen LogP contribution is 2.32. The van der Waals surface area contributed by atoms with Gasteiger partial charge in [0.05, 0.1) is 5.69 Å². The SMILES string of the molecule is C=CN=C(C(=C)C(C)N)C1CCc2oc(-c3cccc(C)c3)nc2C1. The Morgan fingerprint density at radius 3 is 2.96 bits per heavy atom. The zero-order valence-corrected chi connectivity index (χ0v) is 15.0. The van der Waals surface area contributed by atoms with E-state index in [4.69, 9.17) is 15.1 Å². The number of hydrogen-bond donors (Lipinski definition) is 1. The normalized spacial score (nSPS) is 18.5. The van der Waals surface area contributed by atoms with Crippen LogP contribution in [-0.2, 0) is 12.8 Å². The monoisotopic (exact) mass is 335 g/mol. The molecule has 1 aliphatic carbocycles. The maximum atomic E-state index is 6.02. The third-order valence-corrected chi connectivity index (χ3v) is 4.70. The molecule has 3 rings (SSSR count). The van der Waals surface area contributed by atoms with Gasteiger partial charge < -0.3 is 10.2 Å². The summed E-state index contributed by atoms with van der Waals surface area (Å²) in [6.07, 6.45) is 4.16. The van der Waals surface area contributed by atoms with Crippen molar-refractivity contribution in [3.63, 3.8) is 0 Å². The lowest BCUT2D eigenvalue weighted by Gasteiger charge is -2.24. The van der Waals surface area contributed by atoms with Crippen molar-refractivity contribution in [2.24, 2.45) is 16.6 Å². The van der Waals surface area contributed by atoms with Crippen molar-refractivity contribution in [3.05, 3.63) is 66.2 Å². The van der Waals surface area contributed by atoms with E-state index in [9.17, 15) is 0 Å². The van der Waals surface area contributed by atoms with Gasteiger partial charge in [-0.05, 0) is 38.0 Å². The fourth-order valence-corrected chi connectivity index (χ4v) is 3.30. The summed E-state index contributed by atoms with van der Waals surface area (Å²) < 4.78 is 6.02. The van der Waals surface area contributed by atoms with Crippen molar-refractivity contribution in [2.75, 3.05) is 0 Å². The van der Waals surface area contributed by atoms with Crippen LogP contribution in [0.3, 0.4) is 0 Å². The third kappa shape index (κ3) is 3.64. The highest BCUT2D eigenvalue weighted by molar-refractivity contribution is 6.02. The summed E-state index contributed by atoms with van der Waals surface area (Å²) in [6, 6.07) is 8.10. The van der Waals surface area contributed by atoms with Crippen LogP contribution >= 0.6 is 0 Å². The molecule has 0 radical (unpaired) electrons. The third-order valence-electron chi connectivity index (χ3n) is 4.70. The van der Waals surface area contributed by atoms with Crippen LogP contribution < -0.4 is 5.73 Å². The average Bonchev–Trinajstić information content (AvgIpc) is 3.02. The molecule has 0 amide bonds. The number of nitrogens with two attached hydrogens (primary N) is 1. The van der Waals surface area contributed by atoms with Crippen molar-refractivity contribution in [1.82, 2.24) is 4.98 Å². The fraction of sp³-hybridized carbons (Fsp3) is 0.333. The summed E-state index contributed by atoms with van der Waals surface area (Å²) in [5, 5.41) is 0. The minimum absolute atomic E-state index is 0.125. The van der Waals surface area contributed by atoms with Crippen molar-refractivity contribution < 1.29 is 4.42 Å². The van der Waals surface area contributed by atoms with Gasteiger partial charge in [-0.1, -0.05) is 30.9 Å². The molecule has 2 atom stereocenters. The lowest BCUT2D eigenvalue weighted by molar-refractivity contribution is 0.462. The van der Waals surface area contributed by atoms with Crippen LogP contribution in [0.15, 0.2) is 58.6 Å². The van der Waals surface area contributed by atoms with Crippen LogP contribution in [0.5, 0.6) is 0 Å². The van der Waals surface area contributed by atoms with Gasteiger partial charge in [-0.15, -0.1) is 0 Å². The van der Waals surface area contributed by atoms with Gasteiger partial charge in [-0.25, -0.2) is 4.98 Å². The maximum absolute atomic E-state index is 6.02. The van der Waals surface area contributed by atoms with E-state index in [-0.39, 0.29) is 12.0 Å². The minimum atomic E-state index is -0.125. The first kappa shape index (κ1) is 17.4. The van der Waals surface area contributed by atoms with Crippen LogP contribution in [0.2, 0.25) is 0 Å². The smallest absolute Gasteiger partial charge is 0.226 e. The molecule has 0 saturated carbocycles. The molecule has 1 aromatic heterocycles. The van der Waals surface area contributed by atoms with Gasteiger partial charge in [0, 0.05) is 42.3 Å². The number of aliphatic imine (C=N–C) groups is 1. The Hall–Kier alpha value is -2.46. The lowest BCUT2D eigenvalue weighted by Crippen LogP contribution is -2.30. The van der Waals surface area contributed by atoms with Gasteiger partial charge in [-0.2, -0.15) is 0 Å². The number of aromatic nitrogens is 1. The Balaban J connectivity index is 1.87. The van der Waals surface area contributed by atoms with Gasteiger partial charge in [0.25, 0.3) is 0 Å². The zero-order chi connectivity index (χ0) is 18.0. The van der Waals surface area contributed by atoms with Crippen LogP contribution in [0.25, 0.3) is 11.5 Å². The second-order valence-corrected chi connectivity index (χ2v) is 6.71. The van der Waals surface area contributed by atoms with E-state index in [1.807, 2.05) is 19.1 Å². The van der Waals surface area contributed by atoms with E-state index in [0.29, 0.717) is 5.89 Å². The first-order chi connectivity index (χ1) is 12.0. The summed E-state index contributed by atoms with van der Waals surface area (Å²) in [7, 11) is 0. The number of hydrogen-bond acceptors (Lipinski definition) is 4. The molecule has 1 heterocycles. The minimum Gasteiger partial charge on any atom is -0.441 e. The van der Waals surface area contributed by atoms with Gasteiger partial charge in [0.1, 0.15) is 5.76 Å². The molecule has 0 saturated heterocycles. The Morgan fingerprint density at radius 1 is 1.48 bits per heavy atom. The quantitative estimate of drug-likeness (QED) is 0.831. The summed E-state index contributed by atoms with van der Waals surface area (Å²) >= 11 is 0. The number of nitrogens with zero attached hydrogens (tertiary/aromatic N) is 2. The summed E-state index contributed by atoms with van der Waals surface area (Å²) in [5.74, 6) is 1.93. The molecule has 2 aromatic rings. The highest BCUT2D eigenvalue weighted by atomic mass is 16.4. The van der Waals surface area contributed by atoms with Gasteiger partial charge in [0.15, 0.2) is 0 Å². The Kier molecular flexibility index (Phi) is 5.00. The van der Waals surface area contributed by atoms with Crippen LogP contribution in [-0.4, -0.2) is 16.7 Å². The molecule has 2 unspecified atom stereocenters.